The number of carbonyl (C=O) groups is 1. The molecule has 2 rings (SSSR count). The van der Waals surface area contributed by atoms with E-state index in [9.17, 15) is 4.79 Å². The maximum Gasteiger partial charge on any atom is 0.303 e. The minimum atomic E-state index is -0.689. The van der Waals surface area contributed by atoms with E-state index in [2.05, 4.69) is 12.0 Å². The molecule has 0 spiro atoms. The van der Waals surface area contributed by atoms with Gasteiger partial charge in [0.05, 0.1) is 6.20 Å². The summed E-state index contributed by atoms with van der Waals surface area (Å²) < 4.78 is 2.02. The van der Waals surface area contributed by atoms with Crippen LogP contribution in [0.5, 0.6) is 0 Å². The highest BCUT2D eigenvalue weighted by molar-refractivity contribution is 5.67. The maximum absolute atomic E-state index is 10.6. The number of hydrogen-bond donors (Lipinski definition) is 1. The monoisotopic (exact) mass is 208 g/mol. The van der Waals surface area contributed by atoms with Gasteiger partial charge in [0.25, 0.3) is 0 Å². The van der Waals surface area contributed by atoms with Gasteiger partial charge in [0.2, 0.25) is 0 Å². The van der Waals surface area contributed by atoms with Crippen LogP contribution in [0, 0.1) is 5.92 Å². The fourth-order valence-corrected chi connectivity index (χ4v) is 2.36. The Morgan fingerprint density at radius 2 is 2.53 bits per heavy atom. The van der Waals surface area contributed by atoms with Gasteiger partial charge in [-0.3, -0.25) is 9.48 Å². The van der Waals surface area contributed by atoms with Gasteiger partial charge in [-0.25, -0.2) is 0 Å². The van der Waals surface area contributed by atoms with Crippen molar-refractivity contribution in [1.29, 1.82) is 0 Å². The van der Waals surface area contributed by atoms with Crippen molar-refractivity contribution in [3.8, 4) is 0 Å². The van der Waals surface area contributed by atoms with Crippen molar-refractivity contribution in [2.75, 3.05) is 0 Å². The lowest BCUT2D eigenvalue weighted by molar-refractivity contribution is -0.138. The van der Waals surface area contributed by atoms with Crippen LogP contribution < -0.4 is 0 Å². The largest absolute Gasteiger partial charge is 0.481 e. The Bertz CT molecular complexity index is 371. The van der Waals surface area contributed by atoms with Crippen LogP contribution in [0.25, 0.3) is 0 Å². The molecule has 82 valence electrons. The maximum atomic E-state index is 10.6. The van der Waals surface area contributed by atoms with Crippen molar-refractivity contribution < 1.29 is 9.90 Å². The summed E-state index contributed by atoms with van der Waals surface area (Å²) in [6, 6.07) is 0. The van der Waals surface area contributed by atoms with Crippen molar-refractivity contribution in [2.45, 2.75) is 39.2 Å². The van der Waals surface area contributed by atoms with Gasteiger partial charge < -0.3 is 5.11 Å². The minimum absolute atomic E-state index is 0.288. The molecule has 0 aliphatic heterocycles. The fraction of sp³-hybridized carbons (Fsp3) is 0.636. The van der Waals surface area contributed by atoms with Crippen molar-refractivity contribution in [2.24, 2.45) is 5.92 Å². The third kappa shape index (κ3) is 2.03. The summed E-state index contributed by atoms with van der Waals surface area (Å²) in [5.41, 5.74) is 2.55. The molecule has 0 fully saturated rings. The van der Waals surface area contributed by atoms with E-state index in [4.69, 9.17) is 5.11 Å². The topological polar surface area (TPSA) is 55.1 Å². The molecule has 0 aromatic carbocycles. The normalized spacial score (nSPS) is 19.9. The van der Waals surface area contributed by atoms with Crippen LogP contribution in [0.2, 0.25) is 0 Å². The summed E-state index contributed by atoms with van der Waals surface area (Å²) in [6.45, 7) is 2.98. The Hall–Kier alpha value is -1.32. The van der Waals surface area contributed by atoms with Crippen LogP contribution in [0.3, 0.4) is 0 Å². The first-order valence-corrected chi connectivity index (χ1v) is 5.46. The molecule has 1 aliphatic carbocycles. The first-order chi connectivity index (χ1) is 7.20. The molecule has 0 saturated carbocycles. The smallest absolute Gasteiger partial charge is 0.303 e. The highest BCUT2D eigenvalue weighted by atomic mass is 16.4. The van der Waals surface area contributed by atoms with E-state index in [0.29, 0.717) is 5.92 Å². The van der Waals surface area contributed by atoms with Gasteiger partial charge in [-0.05, 0) is 37.7 Å². The summed E-state index contributed by atoms with van der Waals surface area (Å²) in [4.78, 5) is 10.6. The molecule has 1 N–H and O–H groups in total. The number of fused-ring (bicyclic) bond motifs is 1. The summed E-state index contributed by atoms with van der Waals surface area (Å²) in [5, 5.41) is 13.0. The quantitative estimate of drug-likeness (QED) is 0.818. The zero-order valence-electron chi connectivity index (χ0n) is 8.94. The predicted octanol–water partition coefficient (Wildman–Crippen LogP) is 1.48. The number of aliphatic carboxylic acids is 1. The molecule has 1 aromatic rings. The highest BCUT2D eigenvalue weighted by Gasteiger charge is 2.23. The van der Waals surface area contributed by atoms with Gasteiger partial charge in [-0.1, -0.05) is 0 Å². The van der Waals surface area contributed by atoms with Crippen molar-refractivity contribution in [1.82, 2.24) is 9.78 Å². The number of aryl methyl sites for hydroxylation is 1. The zero-order chi connectivity index (χ0) is 10.8. The Kier molecular flexibility index (Phi) is 2.75. The third-order valence-electron chi connectivity index (χ3n) is 3.10. The van der Waals surface area contributed by atoms with E-state index >= 15 is 0 Å². The van der Waals surface area contributed by atoms with Gasteiger partial charge in [0.15, 0.2) is 0 Å². The minimum Gasteiger partial charge on any atom is -0.481 e. The molecule has 4 heteroatoms. The molecule has 4 nitrogen and oxygen atoms in total. The van der Waals surface area contributed by atoms with Crippen molar-refractivity contribution in [3.63, 3.8) is 0 Å². The molecule has 0 saturated heterocycles. The predicted molar refractivity (Wildman–Crippen MR) is 55.7 cm³/mol. The van der Waals surface area contributed by atoms with Gasteiger partial charge >= 0.3 is 5.97 Å². The van der Waals surface area contributed by atoms with Crippen LogP contribution in [0.1, 0.15) is 31.0 Å². The van der Waals surface area contributed by atoms with E-state index in [1.807, 2.05) is 10.9 Å². The van der Waals surface area contributed by atoms with Crippen LogP contribution >= 0.6 is 0 Å². The lowest BCUT2D eigenvalue weighted by Crippen LogP contribution is -2.18. The third-order valence-corrected chi connectivity index (χ3v) is 3.10. The summed E-state index contributed by atoms with van der Waals surface area (Å²) in [5.74, 6) is -0.393. The Morgan fingerprint density at radius 3 is 3.20 bits per heavy atom. The van der Waals surface area contributed by atoms with E-state index in [1.54, 1.807) is 0 Å². The lowest BCUT2D eigenvalue weighted by Gasteiger charge is -2.21. The first kappa shape index (κ1) is 10.2. The molecule has 0 bridgehead atoms. The molecule has 1 unspecified atom stereocenters. The number of rotatable bonds is 3. The van der Waals surface area contributed by atoms with E-state index in [1.165, 1.54) is 11.3 Å². The Morgan fingerprint density at radius 1 is 1.73 bits per heavy atom. The van der Waals surface area contributed by atoms with Gasteiger partial charge in [-0.15, -0.1) is 0 Å². The number of carboxylic acids is 1. The zero-order valence-corrected chi connectivity index (χ0v) is 8.94. The highest BCUT2D eigenvalue weighted by Crippen LogP contribution is 2.27. The summed E-state index contributed by atoms with van der Waals surface area (Å²) in [6.07, 6.45) is 5.01. The van der Waals surface area contributed by atoms with Gasteiger partial charge in [0.1, 0.15) is 0 Å². The van der Waals surface area contributed by atoms with E-state index in [0.717, 1.165) is 25.8 Å². The van der Waals surface area contributed by atoms with Crippen LogP contribution in [0.15, 0.2) is 6.20 Å². The molecule has 1 aliphatic rings. The van der Waals surface area contributed by atoms with Crippen LogP contribution in [0.4, 0.5) is 0 Å². The lowest BCUT2D eigenvalue weighted by atomic mass is 9.86. The van der Waals surface area contributed by atoms with Crippen molar-refractivity contribution in [3.05, 3.63) is 17.5 Å². The number of hydrogen-bond acceptors (Lipinski definition) is 2. The molecule has 15 heavy (non-hydrogen) atoms. The molecule has 1 heterocycles. The number of nitrogens with zero attached hydrogens (tertiary/aromatic N) is 2. The second-order valence-electron chi connectivity index (χ2n) is 4.14. The Balaban J connectivity index is 2.10. The van der Waals surface area contributed by atoms with E-state index < -0.39 is 5.97 Å². The first-order valence-electron chi connectivity index (χ1n) is 5.46. The second-order valence-corrected chi connectivity index (χ2v) is 4.14. The Labute approximate surface area is 88.9 Å². The molecule has 0 amide bonds. The molecule has 1 aromatic heterocycles. The van der Waals surface area contributed by atoms with Crippen LogP contribution in [-0.4, -0.2) is 20.9 Å². The van der Waals surface area contributed by atoms with E-state index in [-0.39, 0.29) is 6.42 Å². The summed E-state index contributed by atoms with van der Waals surface area (Å²) >= 11 is 0. The fourth-order valence-electron chi connectivity index (χ4n) is 2.36. The molecule has 0 radical (unpaired) electrons. The van der Waals surface area contributed by atoms with Crippen molar-refractivity contribution >= 4 is 5.97 Å². The molecular formula is C11H16N2O2. The van der Waals surface area contributed by atoms with Gasteiger partial charge in [-0.2, -0.15) is 5.10 Å². The second kappa shape index (κ2) is 4.04. The standard InChI is InChI=1S/C11H16N2O2/c1-2-13-10-4-3-8(6-11(14)15)5-9(10)7-12-13/h7-8H,2-6H2,1H3,(H,14,15). The average molecular weight is 208 g/mol. The SMILES string of the molecule is CCn1ncc2c1CCC(CC(=O)O)C2. The average Bonchev–Trinajstić information content (AvgIpc) is 2.58. The molecule has 1 atom stereocenters. The summed E-state index contributed by atoms with van der Waals surface area (Å²) in [7, 11) is 0. The van der Waals surface area contributed by atoms with Gasteiger partial charge in [0, 0.05) is 18.7 Å². The number of carboxylic acid groups (broad SMARTS) is 1. The molecular weight excluding hydrogens is 192 g/mol. The van der Waals surface area contributed by atoms with Crippen LogP contribution in [-0.2, 0) is 24.2 Å². The number of aromatic nitrogens is 2.